The fourth-order valence-corrected chi connectivity index (χ4v) is 2.00. The highest BCUT2D eigenvalue weighted by Crippen LogP contribution is 2.25. The van der Waals surface area contributed by atoms with Gasteiger partial charge in [0.05, 0.1) is 4.92 Å². The van der Waals surface area contributed by atoms with Crippen LogP contribution in [-0.4, -0.2) is 29.4 Å². The number of ether oxygens (including phenoxy) is 2. The Morgan fingerprint density at radius 2 is 1.80 bits per heavy atom. The Kier molecular flexibility index (Phi) is 5.78. The summed E-state index contributed by atoms with van der Waals surface area (Å²) >= 11 is 0. The molecule has 2 aromatic rings. The number of carbonyl (C=O) groups excluding carboxylic acids is 2. The summed E-state index contributed by atoms with van der Waals surface area (Å²) in [5.74, 6) is -1.93. The average Bonchev–Trinajstić information content (AvgIpc) is 2.60. The molecular formula is C17H14FNO6. The molecule has 25 heavy (non-hydrogen) atoms. The predicted octanol–water partition coefficient (Wildman–Crippen LogP) is 2.93. The zero-order chi connectivity index (χ0) is 18.4. The van der Waals surface area contributed by atoms with Crippen LogP contribution in [0.3, 0.4) is 0 Å². The molecule has 2 aromatic carbocycles. The number of rotatable bonds is 7. The lowest BCUT2D eigenvalue weighted by molar-refractivity contribution is -0.385. The molecular weight excluding hydrogens is 333 g/mol. The monoisotopic (exact) mass is 347 g/mol. The summed E-state index contributed by atoms with van der Waals surface area (Å²) in [5.41, 5.74) is -0.0907. The Bertz CT molecular complexity index is 790. The van der Waals surface area contributed by atoms with Crippen LogP contribution in [0.15, 0.2) is 48.5 Å². The first-order chi connectivity index (χ1) is 11.9. The maximum Gasteiger partial charge on any atom is 0.344 e. The van der Waals surface area contributed by atoms with Crippen LogP contribution in [0.1, 0.15) is 17.3 Å². The van der Waals surface area contributed by atoms with Gasteiger partial charge < -0.3 is 9.47 Å². The number of nitrogens with zero attached hydrogens (tertiary/aromatic N) is 1. The summed E-state index contributed by atoms with van der Waals surface area (Å²) in [6.07, 6.45) is -1.10. The van der Waals surface area contributed by atoms with Crippen molar-refractivity contribution in [3.05, 3.63) is 70.0 Å². The standard InChI is InChI=1S/C17H14FNO6/c1-11(17(21)12-6-8-13(18)9-7-12)25-16(20)10-24-15-5-3-2-4-14(15)19(22)23/h2-9,11H,10H2,1H3/t11-/m0/s1. The van der Waals surface area contributed by atoms with E-state index in [1.807, 2.05) is 0 Å². The molecule has 0 bridgehead atoms. The highest BCUT2D eigenvalue weighted by Gasteiger charge is 2.21. The molecule has 0 N–H and O–H groups in total. The molecule has 0 heterocycles. The number of para-hydroxylation sites is 2. The molecule has 130 valence electrons. The number of esters is 1. The summed E-state index contributed by atoms with van der Waals surface area (Å²) in [4.78, 5) is 34.1. The molecule has 0 saturated heterocycles. The normalized spacial score (nSPS) is 11.4. The van der Waals surface area contributed by atoms with Crippen molar-refractivity contribution in [3.8, 4) is 5.75 Å². The van der Waals surface area contributed by atoms with Crippen LogP contribution in [0.4, 0.5) is 10.1 Å². The van der Waals surface area contributed by atoms with Gasteiger partial charge in [-0.05, 0) is 37.3 Å². The lowest BCUT2D eigenvalue weighted by Crippen LogP contribution is -2.27. The van der Waals surface area contributed by atoms with E-state index in [1.165, 1.54) is 43.3 Å². The molecule has 8 heteroatoms. The summed E-state index contributed by atoms with van der Waals surface area (Å²) < 4.78 is 22.9. The van der Waals surface area contributed by atoms with E-state index in [9.17, 15) is 24.1 Å². The second kappa shape index (κ2) is 8.00. The predicted molar refractivity (Wildman–Crippen MR) is 84.9 cm³/mol. The van der Waals surface area contributed by atoms with Crippen molar-refractivity contribution in [2.24, 2.45) is 0 Å². The summed E-state index contributed by atoms with van der Waals surface area (Å²) in [5, 5.41) is 10.9. The lowest BCUT2D eigenvalue weighted by Gasteiger charge is -2.13. The third-order valence-corrected chi connectivity index (χ3v) is 3.21. The number of ketones is 1. The highest BCUT2D eigenvalue weighted by molar-refractivity contribution is 6.00. The van der Waals surface area contributed by atoms with Crippen LogP contribution in [0, 0.1) is 15.9 Å². The topological polar surface area (TPSA) is 95.7 Å². The number of nitro groups is 1. The number of halogens is 1. The Labute approximate surface area is 142 Å². The molecule has 0 aliphatic rings. The number of carbonyl (C=O) groups is 2. The van der Waals surface area contributed by atoms with E-state index in [-0.39, 0.29) is 17.0 Å². The molecule has 0 aromatic heterocycles. The van der Waals surface area contributed by atoms with Gasteiger partial charge in [-0.25, -0.2) is 9.18 Å². The van der Waals surface area contributed by atoms with Crippen molar-refractivity contribution in [1.29, 1.82) is 0 Å². The molecule has 0 fully saturated rings. The Morgan fingerprint density at radius 3 is 2.44 bits per heavy atom. The van der Waals surface area contributed by atoms with E-state index >= 15 is 0 Å². The van der Waals surface area contributed by atoms with Crippen LogP contribution in [0.5, 0.6) is 5.75 Å². The molecule has 0 amide bonds. The number of hydrogen-bond acceptors (Lipinski definition) is 6. The molecule has 0 aliphatic carbocycles. The van der Waals surface area contributed by atoms with Gasteiger partial charge in [0.1, 0.15) is 5.82 Å². The Balaban J connectivity index is 1.93. The van der Waals surface area contributed by atoms with Crippen LogP contribution in [-0.2, 0) is 9.53 Å². The minimum absolute atomic E-state index is 0.0815. The maximum absolute atomic E-state index is 12.9. The van der Waals surface area contributed by atoms with E-state index in [0.29, 0.717) is 0 Å². The average molecular weight is 347 g/mol. The minimum Gasteiger partial charge on any atom is -0.475 e. The molecule has 0 aliphatic heterocycles. The van der Waals surface area contributed by atoms with Gasteiger partial charge in [-0.3, -0.25) is 14.9 Å². The maximum atomic E-state index is 12.9. The number of benzene rings is 2. The van der Waals surface area contributed by atoms with Gasteiger partial charge in [-0.15, -0.1) is 0 Å². The van der Waals surface area contributed by atoms with Crippen LogP contribution >= 0.6 is 0 Å². The Morgan fingerprint density at radius 1 is 1.16 bits per heavy atom. The van der Waals surface area contributed by atoms with Gasteiger partial charge >= 0.3 is 11.7 Å². The molecule has 7 nitrogen and oxygen atoms in total. The number of nitro benzene ring substituents is 1. The molecule has 1 atom stereocenters. The van der Waals surface area contributed by atoms with Gasteiger partial charge in [0.15, 0.2) is 18.5 Å². The van der Waals surface area contributed by atoms with Crippen LogP contribution in [0.2, 0.25) is 0 Å². The summed E-state index contributed by atoms with van der Waals surface area (Å²) in [7, 11) is 0. The smallest absolute Gasteiger partial charge is 0.344 e. The van der Waals surface area contributed by atoms with Crippen LogP contribution in [0.25, 0.3) is 0 Å². The molecule has 0 spiro atoms. The SMILES string of the molecule is C[C@H](OC(=O)COc1ccccc1[N+](=O)[O-])C(=O)c1ccc(F)cc1. The van der Waals surface area contributed by atoms with E-state index < -0.39 is 35.2 Å². The van der Waals surface area contributed by atoms with E-state index in [1.54, 1.807) is 0 Å². The third-order valence-electron chi connectivity index (χ3n) is 3.21. The van der Waals surface area contributed by atoms with Gasteiger partial charge in [0.25, 0.3) is 0 Å². The summed E-state index contributed by atoms with van der Waals surface area (Å²) in [6, 6.07) is 10.4. The fraction of sp³-hybridized carbons (Fsp3) is 0.176. The highest BCUT2D eigenvalue weighted by atomic mass is 19.1. The van der Waals surface area contributed by atoms with Crippen molar-refractivity contribution in [2.75, 3.05) is 6.61 Å². The molecule has 0 saturated carbocycles. The first kappa shape index (κ1) is 18.1. The van der Waals surface area contributed by atoms with Crippen molar-refractivity contribution in [2.45, 2.75) is 13.0 Å². The van der Waals surface area contributed by atoms with Gasteiger partial charge in [-0.2, -0.15) is 0 Å². The number of Topliss-reactive ketones (excluding diaryl/α,β-unsaturated/α-hetero) is 1. The fourth-order valence-electron chi connectivity index (χ4n) is 2.00. The van der Waals surface area contributed by atoms with Crippen molar-refractivity contribution in [3.63, 3.8) is 0 Å². The minimum atomic E-state index is -1.10. The number of hydrogen-bond donors (Lipinski definition) is 0. The first-order valence-corrected chi connectivity index (χ1v) is 7.24. The van der Waals surface area contributed by atoms with E-state index in [2.05, 4.69) is 0 Å². The van der Waals surface area contributed by atoms with Crippen molar-refractivity contribution in [1.82, 2.24) is 0 Å². The second-order valence-corrected chi connectivity index (χ2v) is 5.02. The van der Waals surface area contributed by atoms with E-state index in [4.69, 9.17) is 9.47 Å². The molecule has 0 radical (unpaired) electrons. The first-order valence-electron chi connectivity index (χ1n) is 7.24. The Hall–Kier alpha value is -3.29. The zero-order valence-electron chi connectivity index (χ0n) is 13.2. The zero-order valence-corrected chi connectivity index (χ0v) is 13.2. The van der Waals surface area contributed by atoms with E-state index in [0.717, 1.165) is 12.1 Å². The van der Waals surface area contributed by atoms with Gasteiger partial charge in [0, 0.05) is 11.6 Å². The van der Waals surface area contributed by atoms with Gasteiger partial charge in [-0.1, -0.05) is 12.1 Å². The molecule has 2 rings (SSSR count). The lowest BCUT2D eigenvalue weighted by atomic mass is 10.1. The van der Waals surface area contributed by atoms with Crippen LogP contribution < -0.4 is 4.74 Å². The van der Waals surface area contributed by atoms with Crippen molar-refractivity contribution < 1.29 is 28.4 Å². The third kappa shape index (κ3) is 4.84. The van der Waals surface area contributed by atoms with Crippen molar-refractivity contribution >= 4 is 17.4 Å². The summed E-state index contributed by atoms with van der Waals surface area (Å²) in [6.45, 7) is 0.778. The quantitative estimate of drug-likeness (QED) is 0.331. The molecule has 0 unspecified atom stereocenters. The van der Waals surface area contributed by atoms with Gasteiger partial charge in [0.2, 0.25) is 5.78 Å². The largest absolute Gasteiger partial charge is 0.475 e. The second-order valence-electron chi connectivity index (χ2n) is 5.02.